The van der Waals surface area contributed by atoms with Crippen LogP contribution in [0.3, 0.4) is 0 Å². The standard InChI is InChI=1S/C15H15N5O6/c1-26-11-6-13(15(22)23)18(7-11)14(21)12-8-19(17-16-12)9-3-2-4-10(5-9)20(24)25/h2-5,8,11,13H,6-7H2,1H3,(H,22,23). The molecule has 2 heterocycles. The number of carbonyl (C=O) groups excluding carboxylic acids is 1. The summed E-state index contributed by atoms with van der Waals surface area (Å²) in [6.45, 7) is 0.135. The Morgan fingerprint density at radius 1 is 1.42 bits per heavy atom. The Bertz CT molecular complexity index is 866. The number of aromatic nitrogens is 3. The van der Waals surface area contributed by atoms with Crippen LogP contribution in [0.4, 0.5) is 5.69 Å². The Morgan fingerprint density at radius 3 is 2.85 bits per heavy atom. The van der Waals surface area contributed by atoms with Crippen molar-refractivity contribution >= 4 is 17.6 Å². The Balaban J connectivity index is 1.85. The molecule has 11 nitrogen and oxygen atoms in total. The zero-order chi connectivity index (χ0) is 18.8. The number of carbonyl (C=O) groups is 2. The predicted molar refractivity (Wildman–Crippen MR) is 85.9 cm³/mol. The summed E-state index contributed by atoms with van der Waals surface area (Å²) in [5.74, 6) is -1.71. The highest BCUT2D eigenvalue weighted by Gasteiger charge is 2.40. The average molecular weight is 361 g/mol. The number of hydrogen-bond acceptors (Lipinski definition) is 7. The molecule has 136 valence electrons. The van der Waals surface area contributed by atoms with E-state index in [1.54, 1.807) is 6.07 Å². The van der Waals surface area contributed by atoms with Crippen LogP contribution in [0, 0.1) is 10.1 Å². The van der Waals surface area contributed by atoms with Crippen LogP contribution in [0.1, 0.15) is 16.9 Å². The van der Waals surface area contributed by atoms with Crippen molar-refractivity contribution in [3.8, 4) is 5.69 Å². The maximum Gasteiger partial charge on any atom is 0.326 e. The van der Waals surface area contributed by atoms with Gasteiger partial charge >= 0.3 is 5.97 Å². The molecule has 0 aliphatic carbocycles. The normalized spacial score (nSPS) is 19.5. The lowest BCUT2D eigenvalue weighted by molar-refractivity contribution is -0.384. The summed E-state index contributed by atoms with van der Waals surface area (Å²) in [5, 5.41) is 27.7. The number of likely N-dealkylation sites (tertiary alicyclic amines) is 1. The molecule has 1 amide bonds. The van der Waals surface area contributed by atoms with Crippen molar-refractivity contribution in [1.29, 1.82) is 0 Å². The number of carboxylic acid groups (broad SMARTS) is 1. The molecule has 1 N–H and O–H groups in total. The van der Waals surface area contributed by atoms with E-state index in [-0.39, 0.29) is 30.5 Å². The second kappa shape index (κ2) is 6.88. The molecule has 1 aromatic heterocycles. The number of benzene rings is 1. The lowest BCUT2D eigenvalue weighted by atomic mass is 10.2. The number of aliphatic carboxylic acids is 1. The van der Waals surface area contributed by atoms with E-state index >= 15 is 0 Å². The summed E-state index contributed by atoms with van der Waals surface area (Å²) in [6.07, 6.45) is 1.13. The first-order chi connectivity index (χ1) is 12.4. The zero-order valence-electron chi connectivity index (χ0n) is 13.7. The SMILES string of the molecule is COC1CC(C(=O)O)N(C(=O)c2cn(-c3cccc([N+](=O)[O-])c3)nn2)C1. The largest absolute Gasteiger partial charge is 0.480 e. The topological polar surface area (TPSA) is 141 Å². The van der Waals surface area contributed by atoms with E-state index in [2.05, 4.69) is 10.3 Å². The van der Waals surface area contributed by atoms with Gasteiger partial charge in [0.05, 0.1) is 22.9 Å². The van der Waals surface area contributed by atoms with Gasteiger partial charge in [0, 0.05) is 32.2 Å². The van der Waals surface area contributed by atoms with Crippen molar-refractivity contribution < 1.29 is 24.4 Å². The fraction of sp³-hybridized carbons (Fsp3) is 0.333. The molecule has 0 saturated carbocycles. The molecule has 0 bridgehead atoms. The summed E-state index contributed by atoms with van der Waals surface area (Å²) in [6, 6.07) is 4.68. The third-order valence-electron chi connectivity index (χ3n) is 4.16. The summed E-state index contributed by atoms with van der Waals surface area (Å²) >= 11 is 0. The molecular weight excluding hydrogens is 346 g/mol. The molecule has 2 atom stereocenters. The smallest absolute Gasteiger partial charge is 0.326 e. The maximum absolute atomic E-state index is 12.6. The number of hydrogen-bond donors (Lipinski definition) is 1. The number of nitrogens with zero attached hydrogens (tertiary/aromatic N) is 5. The fourth-order valence-electron chi connectivity index (χ4n) is 2.81. The van der Waals surface area contributed by atoms with Gasteiger partial charge in [-0.15, -0.1) is 5.10 Å². The first kappa shape index (κ1) is 17.5. The number of rotatable bonds is 5. The monoisotopic (exact) mass is 361 g/mol. The highest BCUT2D eigenvalue weighted by atomic mass is 16.6. The Morgan fingerprint density at radius 2 is 2.19 bits per heavy atom. The molecule has 0 spiro atoms. The molecule has 1 aliphatic heterocycles. The van der Waals surface area contributed by atoms with Crippen molar-refractivity contribution in [3.63, 3.8) is 0 Å². The number of nitro groups is 1. The van der Waals surface area contributed by atoms with Gasteiger partial charge in [0.15, 0.2) is 5.69 Å². The van der Waals surface area contributed by atoms with Gasteiger partial charge in [-0.05, 0) is 6.07 Å². The highest BCUT2D eigenvalue weighted by molar-refractivity contribution is 5.95. The Labute approximate surface area is 146 Å². The molecule has 1 fully saturated rings. The van der Waals surface area contributed by atoms with Crippen molar-refractivity contribution in [2.45, 2.75) is 18.6 Å². The van der Waals surface area contributed by atoms with Crippen molar-refractivity contribution in [2.24, 2.45) is 0 Å². The van der Waals surface area contributed by atoms with E-state index in [1.807, 2.05) is 0 Å². The second-order valence-corrected chi connectivity index (χ2v) is 5.73. The summed E-state index contributed by atoms with van der Waals surface area (Å²) in [7, 11) is 1.45. The predicted octanol–water partition coefficient (Wildman–Crippen LogP) is 0.490. The highest BCUT2D eigenvalue weighted by Crippen LogP contribution is 2.23. The van der Waals surface area contributed by atoms with Gasteiger partial charge in [0.25, 0.3) is 11.6 Å². The minimum Gasteiger partial charge on any atom is -0.480 e. The lowest BCUT2D eigenvalue weighted by Crippen LogP contribution is -2.40. The minimum atomic E-state index is -1.12. The third-order valence-corrected chi connectivity index (χ3v) is 4.16. The molecule has 2 aromatic rings. The van der Waals surface area contributed by atoms with Crippen LogP contribution < -0.4 is 0 Å². The third kappa shape index (κ3) is 3.24. The van der Waals surface area contributed by atoms with Crippen molar-refractivity contribution in [1.82, 2.24) is 19.9 Å². The van der Waals surface area contributed by atoms with Crippen LogP contribution in [0.2, 0.25) is 0 Å². The van der Waals surface area contributed by atoms with Gasteiger partial charge < -0.3 is 14.7 Å². The van der Waals surface area contributed by atoms with E-state index in [0.717, 1.165) is 0 Å². The minimum absolute atomic E-state index is 0.0560. The van der Waals surface area contributed by atoms with E-state index in [1.165, 1.54) is 41.1 Å². The first-order valence-corrected chi connectivity index (χ1v) is 7.64. The molecule has 1 aromatic carbocycles. The van der Waals surface area contributed by atoms with Crippen LogP contribution in [0.25, 0.3) is 5.69 Å². The fourth-order valence-corrected chi connectivity index (χ4v) is 2.81. The van der Waals surface area contributed by atoms with Gasteiger partial charge in [0.2, 0.25) is 0 Å². The number of nitro benzene ring substituents is 1. The number of methoxy groups -OCH3 is 1. The van der Waals surface area contributed by atoms with E-state index < -0.39 is 22.8 Å². The number of ether oxygens (including phenoxy) is 1. The first-order valence-electron chi connectivity index (χ1n) is 7.64. The van der Waals surface area contributed by atoms with Crippen molar-refractivity contribution in [3.05, 3.63) is 46.3 Å². The summed E-state index contributed by atoms with van der Waals surface area (Å²) < 4.78 is 6.38. The van der Waals surface area contributed by atoms with Crippen LogP contribution in [0.15, 0.2) is 30.5 Å². The van der Waals surface area contributed by atoms with Crippen LogP contribution in [-0.2, 0) is 9.53 Å². The molecule has 11 heteroatoms. The van der Waals surface area contributed by atoms with E-state index in [9.17, 15) is 24.8 Å². The van der Waals surface area contributed by atoms with Gasteiger partial charge in [-0.2, -0.15) is 0 Å². The molecule has 1 aliphatic rings. The molecule has 26 heavy (non-hydrogen) atoms. The molecule has 0 radical (unpaired) electrons. The summed E-state index contributed by atoms with van der Waals surface area (Å²) in [4.78, 5) is 35.5. The van der Waals surface area contributed by atoms with Crippen LogP contribution in [-0.4, -0.2) is 67.6 Å². The van der Waals surface area contributed by atoms with Crippen molar-refractivity contribution in [2.75, 3.05) is 13.7 Å². The van der Waals surface area contributed by atoms with Gasteiger partial charge in [0.1, 0.15) is 6.04 Å². The number of non-ortho nitro benzene ring substituents is 1. The van der Waals surface area contributed by atoms with Crippen LogP contribution in [0.5, 0.6) is 0 Å². The Kier molecular flexibility index (Phi) is 4.63. The van der Waals surface area contributed by atoms with E-state index in [0.29, 0.717) is 5.69 Å². The lowest BCUT2D eigenvalue weighted by Gasteiger charge is -2.19. The quantitative estimate of drug-likeness (QED) is 0.599. The summed E-state index contributed by atoms with van der Waals surface area (Å²) in [5.41, 5.74) is 0.176. The zero-order valence-corrected chi connectivity index (χ0v) is 13.7. The van der Waals surface area contributed by atoms with Crippen LogP contribution >= 0.6 is 0 Å². The molecular formula is C15H15N5O6. The number of amides is 1. The maximum atomic E-state index is 12.6. The molecule has 1 saturated heterocycles. The molecule has 2 unspecified atom stereocenters. The van der Waals surface area contributed by atoms with Gasteiger partial charge in [-0.3, -0.25) is 14.9 Å². The Hall–Kier alpha value is -3.34. The second-order valence-electron chi connectivity index (χ2n) is 5.73. The number of carboxylic acids is 1. The average Bonchev–Trinajstić information content (AvgIpc) is 3.28. The van der Waals surface area contributed by atoms with Gasteiger partial charge in [-0.25, -0.2) is 9.48 Å². The van der Waals surface area contributed by atoms with Gasteiger partial charge in [-0.1, -0.05) is 11.3 Å². The van der Waals surface area contributed by atoms with E-state index in [4.69, 9.17) is 4.74 Å². The molecule has 3 rings (SSSR count).